The van der Waals surface area contributed by atoms with Gasteiger partial charge in [0, 0.05) is 19.0 Å². The van der Waals surface area contributed by atoms with Gasteiger partial charge in [0.25, 0.3) is 5.91 Å². The maximum atomic E-state index is 12.2. The van der Waals surface area contributed by atoms with Crippen molar-refractivity contribution in [3.63, 3.8) is 0 Å². The molecule has 0 saturated carbocycles. The summed E-state index contributed by atoms with van der Waals surface area (Å²) in [5, 5.41) is 0. The Morgan fingerprint density at radius 3 is 2.68 bits per heavy atom. The molecule has 1 unspecified atom stereocenters. The Labute approximate surface area is 113 Å². The molecule has 0 spiro atoms. The Morgan fingerprint density at radius 2 is 2.11 bits per heavy atom. The van der Waals surface area contributed by atoms with E-state index >= 15 is 0 Å². The van der Waals surface area contributed by atoms with Crippen LogP contribution in [-0.4, -0.2) is 24.8 Å². The Kier molecular flexibility index (Phi) is 3.60. The lowest BCUT2D eigenvalue weighted by Crippen LogP contribution is -2.46. The zero-order valence-electron chi connectivity index (χ0n) is 11.8. The molecule has 0 N–H and O–H groups in total. The smallest absolute Gasteiger partial charge is 0.268 e. The van der Waals surface area contributed by atoms with Crippen molar-refractivity contribution in [2.24, 2.45) is 5.92 Å². The van der Waals surface area contributed by atoms with Gasteiger partial charge in [-0.3, -0.25) is 9.59 Å². The van der Waals surface area contributed by atoms with Crippen LogP contribution < -0.4 is 9.64 Å². The van der Waals surface area contributed by atoms with Crippen molar-refractivity contribution in [1.29, 1.82) is 0 Å². The third-order valence-electron chi connectivity index (χ3n) is 3.40. The lowest BCUT2D eigenvalue weighted by Gasteiger charge is -2.34. The van der Waals surface area contributed by atoms with Crippen molar-refractivity contribution >= 4 is 17.4 Å². The van der Waals surface area contributed by atoms with E-state index in [2.05, 4.69) is 0 Å². The number of ketones is 1. The molecule has 1 heterocycles. The molecule has 19 heavy (non-hydrogen) atoms. The molecule has 1 aliphatic rings. The van der Waals surface area contributed by atoms with E-state index in [1.54, 1.807) is 30.1 Å². The van der Waals surface area contributed by atoms with Crippen molar-refractivity contribution in [3.05, 3.63) is 23.8 Å². The molecule has 102 valence electrons. The van der Waals surface area contributed by atoms with Crippen molar-refractivity contribution in [2.75, 3.05) is 11.9 Å². The van der Waals surface area contributed by atoms with E-state index in [9.17, 15) is 9.59 Å². The van der Waals surface area contributed by atoms with E-state index in [-0.39, 0.29) is 17.6 Å². The average molecular weight is 261 g/mol. The lowest BCUT2D eigenvalue weighted by atomic mass is 10.0. The molecule has 0 fully saturated rings. The number of carbonyl (C=O) groups excluding carboxylic acids is 2. The molecule has 4 heteroatoms. The lowest BCUT2D eigenvalue weighted by molar-refractivity contribution is -0.127. The number of likely N-dealkylation sites (N-methyl/N-ethyl adjacent to an activating group) is 1. The van der Waals surface area contributed by atoms with E-state index in [1.807, 2.05) is 20.8 Å². The summed E-state index contributed by atoms with van der Waals surface area (Å²) in [6.07, 6.45) is -0.00317. The van der Waals surface area contributed by atoms with Crippen LogP contribution in [0.3, 0.4) is 0 Å². The number of anilines is 1. The molecular weight excluding hydrogens is 242 g/mol. The van der Waals surface area contributed by atoms with Gasteiger partial charge in [-0.1, -0.05) is 20.8 Å². The van der Waals surface area contributed by atoms with Crippen LogP contribution in [0.4, 0.5) is 5.69 Å². The molecule has 1 atom stereocenters. The molecular formula is C15H19NO3. The monoisotopic (exact) mass is 261 g/mol. The topological polar surface area (TPSA) is 46.6 Å². The summed E-state index contributed by atoms with van der Waals surface area (Å²) < 4.78 is 5.74. The molecule has 0 aromatic heterocycles. The Hall–Kier alpha value is -1.84. The number of carbonyl (C=O) groups is 2. The first-order valence-corrected chi connectivity index (χ1v) is 6.57. The molecule has 1 amide bonds. The molecule has 0 bridgehead atoms. The number of rotatable bonds is 3. The van der Waals surface area contributed by atoms with Gasteiger partial charge in [0.2, 0.25) is 0 Å². The number of hydrogen-bond donors (Lipinski definition) is 0. The molecule has 0 aliphatic carbocycles. The van der Waals surface area contributed by atoms with Gasteiger partial charge in [-0.25, -0.2) is 0 Å². The van der Waals surface area contributed by atoms with Gasteiger partial charge < -0.3 is 9.64 Å². The summed E-state index contributed by atoms with van der Waals surface area (Å²) in [7, 11) is 1.72. The minimum Gasteiger partial charge on any atom is -0.478 e. The molecule has 1 aromatic rings. The largest absolute Gasteiger partial charge is 0.478 e. The van der Waals surface area contributed by atoms with Gasteiger partial charge >= 0.3 is 0 Å². The Morgan fingerprint density at radius 1 is 1.42 bits per heavy atom. The first-order valence-electron chi connectivity index (χ1n) is 6.57. The zero-order chi connectivity index (χ0) is 14.2. The molecule has 1 aromatic carbocycles. The quantitative estimate of drug-likeness (QED) is 0.786. The number of ether oxygens (including phenoxy) is 1. The standard InChI is InChI=1S/C15H19NO3/c1-5-12(17)10-6-7-13-11(8-10)16(4)15(18)14(19-13)9(2)3/h6-9,14H,5H2,1-4H3. The van der Waals surface area contributed by atoms with Crippen LogP contribution in [0, 0.1) is 5.92 Å². The van der Waals surface area contributed by atoms with Crippen LogP contribution in [0.15, 0.2) is 18.2 Å². The fourth-order valence-electron chi connectivity index (χ4n) is 2.17. The van der Waals surface area contributed by atoms with Crippen molar-refractivity contribution in [3.8, 4) is 5.75 Å². The predicted molar refractivity (Wildman–Crippen MR) is 73.7 cm³/mol. The van der Waals surface area contributed by atoms with Crippen LogP contribution in [0.25, 0.3) is 0 Å². The number of benzene rings is 1. The average Bonchev–Trinajstić information content (AvgIpc) is 2.41. The molecule has 0 saturated heterocycles. The highest BCUT2D eigenvalue weighted by atomic mass is 16.5. The van der Waals surface area contributed by atoms with Gasteiger partial charge in [0.05, 0.1) is 5.69 Å². The second kappa shape index (κ2) is 5.03. The SMILES string of the molecule is CCC(=O)c1ccc2c(c1)N(C)C(=O)C(C(C)C)O2. The van der Waals surface area contributed by atoms with Gasteiger partial charge in [0.15, 0.2) is 11.9 Å². The number of nitrogens with zero attached hydrogens (tertiary/aromatic N) is 1. The highest BCUT2D eigenvalue weighted by molar-refractivity contribution is 6.02. The minimum atomic E-state index is -0.453. The van der Waals surface area contributed by atoms with Crippen LogP contribution in [0.2, 0.25) is 0 Å². The zero-order valence-corrected chi connectivity index (χ0v) is 11.8. The summed E-state index contributed by atoms with van der Waals surface area (Å²) in [6, 6.07) is 5.26. The van der Waals surface area contributed by atoms with Gasteiger partial charge in [-0.15, -0.1) is 0 Å². The van der Waals surface area contributed by atoms with Gasteiger partial charge in [-0.05, 0) is 24.1 Å². The molecule has 1 aliphatic heterocycles. The van der Waals surface area contributed by atoms with Crippen molar-refractivity contribution < 1.29 is 14.3 Å². The van der Waals surface area contributed by atoms with Crippen molar-refractivity contribution in [1.82, 2.24) is 0 Å². The first-order chi connectivity index (χ1) is 8.95. The van der Waals surface area contributed by atoms with Crippen LogP contribution >= 0.6 is 0 Å². The third kappa shape index (κ3) is 2.35. The summed E-state index contributed by atoms with van der Waals surface area (Å²) >= 11 is 0. The minimum absolute atomic E-state index is 0.0645. The molecule has 4 nitrogen and oxygen atoms in total. The second-order valence-corrected chi connectivity index (χ2v) is 5.14. The Balaban J connectivity index is 2.42. The van der Waals surface area contributed by atoms with E-state index in [1.165, 1.54) is 0 Å². The van der Waals surface area contributed by atoms with Crippen LogP contribution in [0.5, 0.6) is 5.75 Å². The van der Waals surface area contributed by atoms with Crippen LogP contribution in [0.1, 0.15) is 37.6 Å². The number of Topliss-reactive ketones (excluding diaryl/α,β-unsaturated/α-hetero) is 1. The van der Waals surface area contributed by atoms with Crippen LogP contribution in [-0.2, 0) is 4.79 Å². The number of amides is 1. The van der Waals surface area contributed by atoms with Gasteiger partial charge in [0.1, 0.15) is 5.75 Å². The fourth-order valence-corrected chi connectivity index (χ4v) is 2.17. The summed E-state index contributed by atoms with van der Waals surface area (Å²) in [4.78, 5) is 25.5. The molecule has 0 radical (unpaired) electrons. The number of fused-ring (bicyclic) bond motifs is 1. The van der Waals surface area contributed by atoms with E-state index < -0.39 is 6.10 Å². The maximum Gasteiger partial charge on any atom is 0.268 e. The highest BCUT2D eigenvalue weighted by Crippen LogP contribution is 2.35. The summed E-state index contributed by atoms with van der Waals surface area (Å²) in [5.74, 6) is 0.770. The van der Waals surface area contributed by atoms with E-state index in [4.69, 9.17) is 4.74 Å². The summed E-state index contributed by atoms with van der Waals surface area (Å²) in [5.41, 5.74) is 1.29. The van der Waals surface area contributed by atoms with E-state index in [0.717, 1.165) is 0 Å². The highest BCUT2D eigenvalue weighted by Gasteiger charge is 2.34. The summed E-state index contributed by atoms with van der Waals surface area (Å²) in [6.45, 7) is 5.73. The van der Waals surface area contributed by atoms with Gasteiger partial charge in [-0.2, -0.15) is 0 Å². The molecule has 2 rings (SSSR count). The first kappa shape index (κ1) is 13.6. The Bertz CT molecular complexity index is 522. The number of hydrogen-bond acceptors (Lipinski definition) is 3. The van der Waals surface area contributed by atoms with E-state index in [0.29, 0.717) is 23.4 Å². The van der Waals surface area contributed by atoms with Crippen molar-refractivity contribution in [2.45, 2.75) is 33.3 Å². The maximum absolute atomic E-state index is 12.2. The normalized spacial score (nSPS) is 18.3. The fraction of sp³-hybridized carbons (Fsp3) is 0.467. The third-order valence-corrected chi connectivity index (χ3v) is 3.40. The second-order valence-electron chi connectivity index (χ2n) is 5.14. The predicted octanol–water partition coefficient (Wildman–Crippen LogP) is 2.66.